The fourth-order valence-corrected chi connectivity index (χ4v) is 4.26. The fraction of sp³-hybridized carbons (Fsp3) is 0.588. The van der Waals surface area contributed by atoms with E-state index in [-0.39, 0.29) is 5.41 Å². The molecule has 0 spiro atoms. The van der Waals surface area contributed by atoms with Gasteiger partial charge in [-0.2, -0.15) is 0 Å². The molecule has 0 radical (unpaired) electrons. The molecule has 2 N–H and O–H groups in total. The maximum Gasteiger partial charge on any atom is 0.405 e. The molecule has 5 nitrogen and oxygen atoms in total. The number of carbonyl (C=O) groups excluding carboxylic acids is 1. The van der Waals surface area contributed by atoms with Gasteiger partial charge < -0.3 is 20.1 Å². The lowest BCUT2D eigenvalue weighted by Crippen LogP contribution is -2.44. The normalized spacial score (nSPS) is 29.9. The highest BCUT2D eigenvalue weighted by molar-refractivity contribution is 5.67. The third-order valence-electron chi connectivity index (χ3n) is 5.18. The SMILES string of the molecule is COc1ccccc1N1CC2C(C1)C2(OC(N)=O)C(C)(C)C. The molecule has 22 heavy (non-hydrogen) atoms. The monoisotopic (exact) mass is 304 g/mol. The summed E-state index contributed by atoms with van der Waals surface area (Å²) in [6.45, 7) is 8.05. The van der Waals surface area contributed by atoms with Crippen molar-refractivity contribution in [3.05, 3.63) is 24.3 Å². The fourth-order valence-electron chi connectivity index (χ4n) is 4.26. The lowest BCUT2D eigenvalue weighted by Gasteiger charge is -2.36. The molecule has 1 aromatic rings. The molecule has 2 aliphatic rings. The molecule has 2 atom stereocenters. The van der Waals surface area contributed by atoms with Crippen molar-refractivity contribution in [3.8, 4) is 5.75 Å². The third kappa shape index (κ3) is 2.02. The molecule has 3 rings (SSSR count). The molecule has 0 bridgehead atoms. The van der Waals surface area contributed by atoms with Crippen LogP contribution in [0.2, 0.25) is 0 Å². The van der Waals surface area contributed by atoms with Crippen molar-refractivity contribution in [3.63, 3.8) is 0 Å². The predicted octanol–water partition coefficient (Wildman–Crippen LogP) is 2.64. The van der Waals surface area contributed by atoms with Crippen molar-refractivity contribution in [1.82, 2.24) is 0 Å². The number of amides is 1. The number of nitrogens with zero attached hydrogens (tertiary/aromatic N) is 1. The predicted molar refractivity (Wildman–Crippen MR) is 85.0 cm³/mol. The summed E-state index contributed by atoms with van der Waals surface area (Å²) in [5, 5.41) is 0. The second kappa shape index (κ2) is 4.80. The summed E-state index contributed by atoms with van der Waals surface area (Å²) in [6, 6.07) is 8.01. The second-order valence-electron chi connectivity index (χ2n) is 7.25. The lowest BCUT2D eigenvalue weighted by atomic mass is 9.83. The van der Waals surface area contributed by atoms with Crippen molar-refractivity contribution >= 4 is 11.8 Å². The Morgan fingerprint density at radius 2 is 1.86 bits per heavy atom. The summed E-state index contributed by atoms with van der Waals surface area (Å²) in [4.78, 5) is 13.7. The molecule has 2 unspecified atom stereocenters. The Morgan fingerprint density at radius 1 is 1.27 bits per heavy atom. The van der Waals surface area contributed by atoms with Gasteiger partial charge in [-0.3, -0.25) is 0 Å². The Kier molecular flexibility index (Phi) is 3.27. The van der Waals surface area contributed by atoms with Crippen LogP contribution in [-0.2, 0) is 4.74 Å². The maximum atomic E-state index is 11.4. The Morgan fingerprint density at radius 3 is 2.36 bits per heavy atom. The van der Waals surface area contributed by atoms with Gasteiger partial charge in [0.25, 0.3) is 0 Å². The highest BCUT2D eigenvalue weighted by Gasteiger charge is 2.76. The number of anilines is 1. The molecule has 2 fully saturated rings. The van der Waals surface area contributed by atoms with E-state index in [1.165, 1.54) is 0 Å². The van der Waals surface area contributed by atoms with Crippen LogP contribution in [0.4, 0.5) is 10.5 Å². The first kappa shape index (κ1) is 15.0. The summed E-state index contributed by atoms with van der Waals surface area (Å²) < 4.78 is 11.0. The lowest BCUT2D eigenvalue weighted by molar-refractivity contribution is -0.00872. The minimum Gasteiger partial charge on any atom is -0.495 e. The van der Waals surface area contributed by atoms with Crippen LogP contribution in [0.25, 0.3) is 0 Å². The van der Waals surface area contributed by atoms with Crippen LogP contribution in [0.15, 0.2) is 24.3 Å². The molecule has 0 aromatic heterocycles. The number of ether oxygens (including phenoxy) is 2. The van der Waals surface area contributed by atoms with Crippen LogP contribution in [0, 0.1) is 17.3 Å². The molecule has 1 amide bonds. The Bertz CT molecular complexity index is 582. The Balaban J connectivity index is 1.81. The topological polar surface area (TPSA) is 64.8 Å². The van der Waals surface area contributed by atoms with Crippen LogP contribution < -0.4 is 15.4 Å². The van der Waals surface area contributed by atoms with Gasteiger partial charge in [0.1, 0.15) is 11.4 Å². The highest BCUT2D eigenvalue weighted by atomic mass is 16.6. The molecular formula is C17H24N2O3. The molecule has 5 heteroatoms. The first-order valence-corrected chi connectivity index (χ1v) is 7.67. The molecular weight excluding hydrogens is 280 g/mol. The van der Waals surface area contributed by atoms with E-state index in [1.54, 1.807) is 7.11 Å². The molecule has 1 saturated carbocycles. The van der Waals surface area contributed by atoms with Crippen molar-refractivity contribution in [2.75, 3.05) is 25.1 Å². The van der Waals surface area contributed by atoms with Crippen LogP contribution in [0.3, 0.4) is 0 Å². The second-order valence-corrected chi connectivity index (χ2v) is 7.25. The van der Waals surface area contributed by atoms with E-state index in [4.69, 9.17) is 15.2 Å². The minimum atomic E-state index is -0.673. The quantitative estimate of drug-likeness (QED) is 0.932. The number of carbonyl (C=O) groups is 1. The largest absolute Gasteiger partial charge is 0.495 e. The number of hydrogen-bond acceptors (Lipinski definition) is 4. The van der Waals surface area contributed by atoms with Crippen molar-refractivity contribution in [2.24, 2.45) is 23.0 Å². The Labute approximate surface area is 131 Å². The number of hydrogen-bond donors (Lipinski definition) is 1. The smallest absolute Gasteiger partial charge is 0.405 e. The number of para-hydroxylation sites is 2. The zero-order chi connectivity index (χ0) is 16.1. The third-order valence-corrected chi connectivity index (χ3v) is 5.18. The summed E-state index contributed by atoms with van der Waals surface area (Å²) >= 11 is 0. The van der Waals surface area contributed by atoms with Crippen LogP contribution in [0.5, 0.6) is 5.75 Å². The van der Waals surface area contributed by atoms with Gasteiger partial charge >= 0.3 is 6.09 Å². The van der Waals surface area contributed by atoms with E-state index in [9.17, 15) is 4.79 Å². The number of benzene rings is 1. The first-order valence-electron chi connectivity index (χ1n) is 7.67. The van der Waals surface area contributed by atoms with E-state index < -0.39 is 11.7 Å². The van der Waals surface area contributed by atoms with E-state index in [1.807, 2.05) is 18.2 Å². The summed E-state index contributed by atoms with van der Waals surface area (Å²) in [6.07, 6.45) is -0.673. The van der Waals surface area contributed by atoms with Gasteiger partial charge in [-0.1, -0.05) is 32.9 Å². The molecule has 1 heterocycles. The number of rotatable bonds is 3. The van der Waals surface area contributed by atoms with Gasteiger partial charge in [0.2, 0.25) is 0 Å². The van der Waals surface area contributed by atoms with Crippen LogP contribution >= 0.6 is 0 Å². The standard InChI is InChI=1S/C17H24N2O3/c1-16(2,3)17(22-15(18)20)11-9-19(10-12(11)17)13-7-5-6-8-14(13)21-4/h5-8,11-12H,9-10H2,1-4H3,(H2,18,20). The minimum absolute atomic E-state index is 0.121. The van der Waals surface area contributed by atoms with Gasteiger partial charge in [0, 0.05) is 30.3 Å². The van der Waals surface area contributed by atoms with Crippen LogP contribution in [0.1, 0.15) is 20.8 Å². The van der Waals surface area contributed by atoms with E-state index >= 15 is 0 Å². The van der Waals surface area contributed by atoms with E-state index in [0.717, 1.165) is 24.5 Å². The molecule has 1 saturated heterocycles. The van der Waals surface area contributed by atoms with Crippen molar-refractivity contribution in [2.45, 2.75) is 26.4 Å². The summed E-state index contributed by atoms with van der Waals surface area (Å²) in [5.41, 5.74) is 5.86. The van der Waals surface area contributed by atoms with Crippen molar-refractivity contribution in [1.29, 1.82) is 0 Å². The molecule has 1 aliphatic heterocycles. The molecule has 1 aliphatic carbocycles. The molecule has 1 aromatic carbocycles. The van der Waals surface area contributed by atoms with Crippen molar-refractivity contribution < 1.29 is 14.3 Å². The average Bonchev–Trinajstić information content (AvgIpc) is 2.84. The number of fused-ring (bicyclic) bond motifs is 1. The molecule has 120 valence electrons. The highest BCUT2D eigenvalue weighted by Crippen LogP contribution is 2.66. The first-order chi connectivity index (χ1) is 10.3. The van der Waals surface area contributed by atoms with Gasteiger partial charge in [-0.25, -0.2) is 4.79 Å². The number of primary amides is 1. The van der Waals surface area contributed by atoms with Gasteiger partial charge in [-0.15, -0.1) is 0 Å². The average molecular weight is 304 g/mol. The van der Waals surface area contributed by atoms with Gasteiger partial charge in [0.15, 0.2) is 0 Å². The summed E-state index contributed by atoms with van der Waals surface area (Å²) in [7, 11) is 1.69. The number of methoxy groups -OCH3 is 1. The van der Waals surface area contributed by atoms with Gasteiger partial charge in [-0.05, 0) is 12.1 Å². The van der Waals surface area contributed by atoms with E-state index in [0.29, 0.717) is 11.8 Å². The number of nitrogens with two attached hydrogens (primary N) is 1. The maximum absolute atomic E-state index is 11.4. The Hall–Kier alpha value is -1.91. The van der Waals surface area contributed by atoms with E-state index in [2.05, 4.69) is 31.7 Å². The summed E-state index contributed by atoms with van der Waals surface area (Å²) in [5.74, 6) is 1.52. The zero-order valence-corrected chi connectivity index (χ0v) is 13.6. The van der Waals surface area contributed by atoms with Gasteiger partial charge in [0.05, 0.1) is 12.8 Å². The van der Waals surface area contributed by atoms with Crippen LogP contribution in [-0.4, -0.2) is 31.9 Å². The number of piperidine rings is 1. The zero-order valence-electron chi connectivity index (χ0n) is 13.6.